The van der Waals surface area contributed by atoms with Crippen molar-refractivity contribution in [2.24, 2.45) is 0 Å². The highest BCUT2D eigenvalue weighted by Crippen LogP contribution is 2.26. The molecule has 0 aliphatic carbocycles. The van der Waals surface area contributed by atoms with Gasteiger partial charge in [-0.1, -0.05) is 36.8 Å². The zero-order valence-electron chi connectivity index (χ0n) is 16.7. The van der Waals surface area contributed by atoms with E-state index in [1.54, 1.807) is 0 Å². The number of aliphatic hydroxyl groups is 1. The van der Waals surface area contributed by atoms with Crippen molar-refractivity contribution >= 4 is 28.9 Å². The fourth-order valence-corrected chi connectivity index (χ4v) is 3.31. The Morgan fingerprint density at radius 2 is 1.83 bits per heavy atom. The number of fused-ring (bicyclic) bond motifs is 1. The summed E-state index contributed by atoms with van der Waals surface area (Å²) in [6, 6.07) is 15.7. The molecule has 0 fully saturated rings. The van der Waals surface area contributed by atoms with Gasteiger partial charge in [0.25, 0.3) is 5.56 Å². The molecule has 0 unspecified atom stereocenters. The van der Waals surface area contributed by atoms with Crippen LogP contribution in [0, 0.1) is 0 Å². The van der Waals surface area contributed by atoms with Gasteiger partial charge in [-0.05, 0) is 44.6 Å². The number of anilines is 1. The first-order valence-electron chi connectivity index (χ1n) is 9.80. The summed E-state index contributed by atoms with van der Waals surface area (Å²) in [5.41, 5.74) is 2.64. The minimum absolute atomic E-state index is 0. The maximum Gasteiger partial charge on any atom is 0.272 e. The van der Waals surface area contributed by atoms with E-state index in [9.17, 15) is 4.79 Å². The van der Waals surface area contributed by atoms with E-state index in [4.69, 9.17) is 5.11 Å². The number of benzene rings is 2. The van der Waals surface area contributed by atoms with Gasteiger partial charge in [0.1, 0.15) is 0 Å². The zero-order valence-corrected chi connectivity index (χ0v) is 17.5. The Hall–Kier alpha value is -2.41. The first-order valence-corrected chi connectivity index (χ1v) is 9.80. The molecule has 0 bridgehead atoms. The number of nitrogens with zero attached hydrogens (tertiary/aromatic N) is 2. The predicted molar refractivity (Wildman–Crippen MR) is 122 cm³/mol. The Balaban J connectivity index is 0.00000300. The lowest BCUT2D eigenvalue weighted by Gasteiger charge is -2.14. The number of aromatic amines is 1. The lowest BCUT2D eigenvalue weighted by Crippen LogP contribution is -2.23. The van der Waals surface area contributed by atoms with Crippen molar-refractivity contribution in [2.75, 3.05) is 38.6 Å². The zero-order chi connectivity index (χ0) is 19.8. The van der Waals surface area contributed by atoms with Crippen LogP contribution in [-0.4, -0.2) is 53.5 Å². The summed E-state index contributed by atoms with van der Waals surface area (Å²) in [7, 11) is 2.04. The maximum atomic E-state index is 12.0. The van der Waals surface area contributed by atoms with Crippen molar-refractivity contribution in [1.82, 2.24) is 15.1 Å². The molecule has 7 heteroatoms. The molecule has 1 aromatic heterocycles. The molecule has 0 saturated carbocycles. The molecule has 0 atom stereocenters. The van der Waals surface area contributed by atoms with E-state index in [0.717, 1.165) is 61.2 Å². The van der Waals surface area contributed by atoms with E-state index in [2.05, 4.69) is 26.5 Å². The highest BCUT2D eigenvalue weighted by Gasteiger charge is 2.08. The SMILES string of the molecule is CN(CCO)CCCCCNc1cccc(-c2n[nH]c(=O)c3ccccc23)c1.Cl. The molecule has 3 rings (SSSR count). The van der Waals surface area contributed by atoms with Crippen LogP contribution >= 0.6 is 12.4 Å². The molecule has 0 radical (unpaired) electrons. The highest BCUT2D eigenvalue weighted by molar-refractivity contribution is 5.94. The first kappa shape index (κ1) is 22.9. The molecule has 1 heterocycles. The van der Waals surface area contributed by atoms with Crippen LogP contribution < -0.4 is 10.9 Å². The van der Waals surface area contributed by atoms with Crippen molar-refractivity contribution in [1.29, 1.82) is 0 Å². The van der Waals surface area contributed by atoms with E-state index in [1.165, 1.54) is 0 Å². The van der Waals surface area contributed by atoms with Crippen LogP contribution in [0.3, 0.4) is 0 Å². The lowest BCUT2D eigenvalue weighted by atomic mass is 10.0. The second kappa shape index (κ2) is 11.6. The number of hydrogen-bond donors (Lipinski definition) is 3. The van der Waals surface area contributed by atoms with Crippen LogP contribution in [0.1, 0.15) is 19.3 Å². The summed E-state index contributed by atoms with van der Waals surface area (Å²) in [5.74, 6) is 0. The minimum atomic E-state index is -0.168. The standard InChI is InChI=1S/C22H28N4O2.ClH/c1-26(14-15-27)13-6-2-5-12-23-18-9-7-8-17(16-18)21-19-10-3-4-11-20(19)22(28)25-24-21;/h3-4,7-11,16,23,27H,2,5-6,12-15H2,1H3,(H,25,28);1H. The van der Waals surface area contributed by atoms with Gasteiger partial charge in [0.05, 0.1) is 17.7 Å². The maximum absolute atomic E-state index is 12.0. The molecule has 29 heavy (non-hydrogen) atoms. The summed E-state index contributed by atoms with van der Waals surface area (Å²) in [6.45, 7) is 2.88. The van der Waals surface area contributed by atoms with Gasteiger partial charge in [0, 0.05) is 29.7 Å². The summed E-state index contributed by atoms with van der Waals surface area (Å²) in [5, 5.41) is 20.8. The topological polar surface area (TPSA) is 81.2 Å². The highest BCUT2D eigenvalue weighted by atomic mass is 35.5. The van der Waals surface area contributed by atoms with Gasteiger partial charge in [-0.15, -0.1) is 12.4 Å². The van der Waals surface area contributed by atoms with Crippen molar-refractivity contribution in [3.8, 4) is 11.3 Å². The van der Waals surface area contributed by atoms with E-state index in [1.807, 2.05) is 49.5 Å². The van der Waals surface area contributed by atoms with Gasteiger partial charge < -0.3 is 15.3 Å². The van der Waals surface area contributed by atoms with E-state index >= 15 is 0 Å². The van der Waals surface area contributed by atoms with Crippen molar-refractivity contribution in [3.63, 3.8) is 0 Å². The van der Waals surface area contributed by atoms with Crippen LogP contribution in [0.15, 0.2) is 53.3 Å². The predicted octanol–water partition coefficient (Wildman–Crippen LogP) is 3.52. The molecular weight excluding hydrogens is 388 g/mol. The quantitative estimate of drug-likeness (QED) is 0.440. The van der Waals surface area contributed by atoms with Crippen molar-refractivity contribution in [2.45, 2.75) is 19.3 Å². The summed E-state index contributed by atoms with van der Waals surface area (Å²) in [4.78, 5) is 14.1. The van der Waals surface area contributed by atoms with Crippen LogP contribution in [0.25, 0.3) is 22.0 Å². The number of hydrogen-bond acceptors (Lipinski definition) is 5. The molecule has 156 valence electrons. The number of nitrogens with one attached hydrogen (secondary N) is 2. The average molecular weight is 417 g/mol. The number of aromatic nitrogens is 2. The van der Waals surface area contributed by atoms with Crippen molar-refractivity contribution < 1.29 is 5.11 Å². The monoisotopic (exact) mass is 416 g/mol. The third-order valence-electron chi connectivity index (χ3n) is 4.86. The Morgan fingerprint density at radius 3 is 2.62 bits per heavy atom. The Kier molecular flexibility index (Phi) is 9.12. The first-order chi connectivity index (χ1) is 13.7. The van der Waals surface area contributed by atoms with Gasteiger partial charge in [0.15, 0.2) is 0 Å². The normalized spacial score (nSPS) is 10.9. The summed E-state index contributed by atoms with van der Waals surface area (Å²) in [6.07, 6.45) is 3.37. The van der Waals surface area contributed by atoms with Crippen LogP contribution in [0.2, 0.25) is 0 Å². The van der Waals surface area contributed by atoms with Crippen LogP contribution in [0.4, 0.5) is 5.69 Å². The molecule has 0 aliphatic rings. The van der Waals surface area contributed by atoms with Crippen molar-refractivity contribution in [3.05, 3.63) is 58.9 Å². The Morgan fingerprint density at radius 1 is 1.03 bits per heavy atom. The lowest BCUT2D eigenvalue weighted by molar-refractivity contribution is 0.219. The fourth-order valence-electron chi connectivity index (χ4n) is 3.31. The third-order valence-corrected chi connectivity index (χ3v) is 4.86. The fraction of sp³-hybridized carbons (Fsp3) is 0.364. The molecule has 0 aliphatic heterocycles. The molecule has 0 saturated heterocycles. The molecule has 3 N–H and O–H groups in total. The molecular formula is C22H29ClN4O2. The molecule has 3 aromatic rings. The second-order valence-electron chi connectivity index (χ2n) is 7.04. The summed E-state index contributed by atoms with van der Waals surface area (Å²) >= 11 is 0. The number of aliphatic hydroxyl groups excluding tert-OH is 1. The number of likely N-dealkylation sites (N-methyl/N-ethyl adjacent to an activating group) is 1. The van der Waals surface area contributed by atoms with Gasteiger partial charge in [-0.25, -0.2) is 5.10 Å². The second-order valence-corrected chi connectivity index (χ2v) is 7.04. The largest absolute Gasteiger partial charge is 0.395 e. The number of H-pyrrole nitrogens is 1. The average Bonchev–Trinajstić information content (AvgIpc) is 2.71. The van der Waals surface area contributed by atoms with Gasteiger partial charge in [-0.2, -0.15) is 5.10 Å². The van der Waals surface area contributed by atoms with Gasteiger partial charge in [0.2, 0.25) is 0 Å². The number of halogens is 1. The van der Waals surface area contributed by atoms with Gasteiger partial charge in [-0.3, -0.25) is 4.79 Å². The third kappa shape index (κ3) is 6.29. The van der Waals surface area contributed by atoms with E-state index in [0.29, 0.717) is 5.39 Å². The summed E-state index contributed by atoms with van der Waals surface area (Å²) < 4.78 is 0. The smallest absolute Gasteiger partial charge is 0.272 e. The van der Waals surface area contributed by atoms with E-state index < -0.39 is 0 Å². The molecule has 2 aromatic carbocycles. The van der Waals surface area contributed by atoms with E-state index in [-0.39, 0.29) is 24.6 Å². The van der Waals surface area contributed by atoms with Crippen LogP contribution in [-0.2, 0) is 0 Å². The Bertz CT molecular complexity index is 961. The molecule has 0 spiro atoms. The van der Waals surface area contributed by atoms with Gasteiger partial charge >= 0.3 is 0 Å². The molecule has 6 nitrogen and oxygen atoms in total. The Labute approximate surface area is 177 Å². The van der Waals surface area contributed by atoms with Crippen LogP contribution in [0.5, 0.6) is 0 Å². The molecule has 0 amide bonds. The number of rotatable bonds is 10. The minimum Gasteiger partial charge on any atom is -0.395 e. The number of unbranched alkanes of at least 4 members (excludes halogenated alkanes) is 2.